The fourth-order valence-electron chi connectivity index (χ4n) is 2.13. The molecular weight excluding hydrogens is 160 g/mol. The van der Waals surface area contributed by atoms with Gasteiger partial charge in [-0.3, -0.25) is 0 Å². The lowest BCUT2D eigenvalue weighted by molar-refractivity contribution is 0.0634. The van der Waals surface area contributed by atoms with Gasteiger partial charge in [0.15, 0.2) is 0 Å². The lowest BCUT2D eigenvalue weighted by atomic mass is 9.74. The molecule has 0 bridgehead atoms. The van der Waals surface area contributed by atoms with Crippen molar-refractivity contribution >= 4 is 0 Å². The van der Waals surface area contributed by atoms with Crippen LogP contribution >= 0.6 is 0 Å². The Kier molecular flexibility index (Phi) is 2.97. The van der Waals surface area contributed by atoms with E-state index in [9.17, 15) is 5.11 Å². The first-order valence-corrected chi connectivity index (χ1v) is 4.96. The zero-order valence-electron chi connectivity index (χ0n) is 8.88. The highest BCUT2D eigenvalue weighted by atomic mass is 16.3. The van der Waals surface area contributed by atoms with E-state index < -0.39 is 0 Å². The topological polar surface area (TPSA) is 20.2 Å². The van der Waals surface area contributed by atoms with Crippen LogP contribution < -0.4 is 0 Å². The largest absolute Gasteiger partial charge is 0.392 e. The minimum absolute atomic E-state index is 0.155. The molecule has 0 spiro atoms. The van der Waals surface area contributed by atoms with Crippen LogP contribution in [0.1, 0.15) is 33.6 Å². The highest BCUT2D eigenvalue weighted by molar-refractivity contribution is 5.19. The summed E-state index contributed by atoms with van der Waals surface area (Å²) in [5.41, 5.74) is 1.56. The second kappa shape index (κ2) is 3.67. The standard InChI is InChI=1S/C12H20O/c1-5-6-11(13)10-8-7-9(2)12(10,3)4/h5,7,10-11,13H,1,6,8H2,2-4H3/t10-,11?/m1/s1. The Hall–Kier alpha value is -0.560. The molecule has 0 saturated carbocycles. The van der Waals surface area contributed by atoms with Crippen molar-refractivity contribution in [3.05, 3.63) is 24.3 Å². The molecule has 2 atom stereocenters. The normalized spacial score (nSPS) is 28.3. The van der Waals surface area contributed by atoms with Crippen LogP contribution in [0.25, 0.3) is 0 Å². The molecule has 0 radical (unpaired) electrons. The lowest BCUT2D eigenvalue weighted by Crippen LogP contribution is -2.31. The van der Waals surface area contributed by atoms with Crippen LogP contribution in [0.15, 0.2) is 24.3 Å². The summed E-state index contributed by atoms with van der Waals surface area (Å²) in [4.78, 5) is 0. The maximum Gasteiger partial charge on any atom is 0.0613 e. The van der Waals surface area contributed by atoms with Crippen molar-refractivity contribution in [3.63, 3.8) is 0 Å². The summed E-state index contributed by atoms with van der Waals surface area (Å²) in [7, 11) is 0. The van der Waals surface area contributed by atoms with Crippen LogP contribution in [-0.4, -0.2) is 11.2 Å². The van der Waals surface area contributed by atoms with Gasteiger partial charge in [0.2, 0.25) is 0 Å². The van der Waals surface area contributed by atoms with Crippen LogP contribution in [-0.2, 0) is 0 Å². The van der Waals surface area contributed by atoms with E-state index >= 15 is 0 Å². The minimum atomic E-state index is -0.235. The van der Waals surface area contributed by atoms with Gasteiger partial charge in [0.25, 0.3) is 0 Å². The van der Waals surface area contributed by atoms with Crippen molar-refractivity contribution in [1.29, 1.82) is 0 Å². The zero-order valence-corrected chi connectivity index (χ0v) is 8.88. The first kappa shape index (κ1) is 10.5. The number of hydrogen-bond donors (Lipinski definition) is 1. The number of allylic oxidation sites excluding steroid dienone is 2. The van der Waals surface area contributed by atoms with Gasteiger partial charge in [0, 0.05) is 0 Å². The molecule has 0 aliphatic heterocycles. The third-order valence-electron chi connectivity index (χ3n) is 3.49. The van der Waals surface area contributed by atoms with Crippen LogP contribution in [0.4, 0.5) is 0 Å². The Labute approximate surface area is 81.2 Å². The van der Waals surface area contributed by atoms with Crippen molar-refractivity contribution in [1.82, 2.24) is 0 Å². The maximum absolute atomic E-state index is 9.90. The van der Waals surface area contributed by atoms with Gasteiger partial charge < -0.3 is 5.11 Å². The SMILES string of the molecule is C=CCC(O)[C@H]1CC=C(C)C1(C)C. The molecule has 1 nitrogen and oxygen atoms in total. The molecule has 1 unspecified atom stereocenters. The molecule has 1 rings (SSSR count). The second-order valence-corrected chi connectivity index (χ2v) is 4.54. The van der Waals surface area contributed by atoms with Crippen molar-refractivity contribution in [3.8, 4) is 0 Å². The summed E-state index contributed by atoms with van der Waals surface area (Å²) >= 11 is 0. The van der Waals surface area contributed by atoms with Gasteiger partial charge in [-0.1, -0.05) is 31.6 Å². The van der Waals surface area contributed by atoms with E-state index in [0.29, 0.717) is 12.3 Å². The van der Waals surface area contributed by atoms with E-state index in [1.54, 1.807) is 6.08 Å². The molecule has 74 valence electrons. The fourth-order valence-corrected chi connectivity index (χ4v) is 2.13. The molecule has 13 heavy (non-hydrogen) atoms. The minimum Gasteiger partial charge on any atom is -0.392 e. The number of rotatable bonds is 3. The van der Waals surface area contributed by atoms with Gasteiger partial charge in [0.05, 0.1) is 6.10 Å². The lowest BCUT2D eigenvalue weighted by Gasteiger charge is -2.32. The molecular formula is C12H20O. The third-order valence-corrected chi connectivity index (χ3v) is 3.49. The maximum atomic E-state index is 9.90. The van der Waals surface area contributed by atoms with Gasteiger partial charge in [-0.15, -0.1) is 6.58 Å². The summed E-state index contributed by atoms with van der Waals surface area (Å²) < 4.78 is 0. The van der Waals surface area contributed by atoms with Gasteiger partial charge in [-0.05, 0) is 31.1 Å². The molecule has 0 heterocycles. The van der Waals surface area contributed by atoms with Gasteiger partial charge >= 0.3 is 0 Å². The number of aliphatic hydroxyl groups excluding tert-OH is 1. The fraction of sp³-hybridized carbons (Fsp3) is 0.667. The molecule has 0 aromatic carbocycles. The summed E-state index contributed by atoms with van der Waals surface area (Å²) in [6.07, 6.45) is 5.52. The van der Waals surface area contributed by atoms with Gasteiger partial charge in [0.1, 0.15) is 0 Å². The molecule has 0 saturated heterocycles. The van der Waals surface area contributed by atoms with E-state index in [2.05, 4.69) is 33.4 Å². The smallest absolute Gasteiger partial charge is 0.0613 e. The molecule has 0 fully saturated rings. The van der Waals surface area contributed by atoms with Crippen molar-refractivity contribution in [2.45, 2.75) is 39.7 Å². The van der Waals surface area contributed by atoms with Gasteiger partial charge in [-0.2, -0.15) is 0 Å². The van der Waals surface area contributed by atoms with Crippen molar-refractivity contribution in [2.75, 3.05) is 0 Å². The Morgan fingerprint density at radius 3 is 2.77 bits per heavy atom. The van der Waals surface area contributed by atoms with Crippen LogP contribution in [0.5, 0.6) is 0 Å². The first-order valence-electron chi connectivity index (χ1n) is 4.96. The Balaban J connectivity index is 2.70. The summed E-state index contributed by atoms with van der Waals surface area (Å²) in [5, 5.41) is 9.90. The molecule has 1 N–H and O–H groups in total. The first-order chi connectivity index (χ1) is 6.00. The predicted molar refractivity (Wildman–Crippen MR) is 56.5 cm³/mol. The van der Waals surface area contributed by atoms with Crippen molar-refractivity contribution in [2.24, 2.45) is 11.3 Å². The summed E-state index contributed by atoms with van der Waals surface area (Å²) in [6.45, 7) is 10.2. The Morgan fingerprint density at radius 1 is 1.77 bits per heavy atom. The predicted octanol–water partition coefficient (Wildman–Crippen LogP) is 2.92. The van der Waals surface area contributed by atoms with Crippen LogP contribution in [0.2, 0.25) is 0 Å². The monoisotopic (exact) mass is 180 g/mol. The Bertz CT molecular complexity index is 225. The zero-order chi connectivity index (χ0) is 10.1. The Morgan fingerprint density at radius 2 is 2.38 bits per heavy atom. The summed E-state index contributed by atoms with van der Waals surface area (Å²) in [5.74, 6) is 0.366. The highest BCUT2D eigenvalue weighted by Gasteiger charge is 2.38. The highest BCUT2D eigenvalue weighted by Crippen LogP contribution is 2.45. The molecule has 0 aromatic rings. The van der Waals surface area contributed by atoms with E-state index in [-0.39, 0.29) is 11.5 Å². The number of aliphatic hydroxyl groups is 1. The van der Waals surface area contributed by atoms with E-state index in [1.165, 1.54) is 5.57 Å². The van der Waals surface area contributed by atoms with Crippen LogP contribution in [0, 0.1) is 11.3 Å². The van der Waals surface area contributed by atoms with Crippen LogP contribution in [0.3, 0.4) is 0 Å². The molecule has 1 aliphatic rings. The van der Waals surface area contributed by atoms with Crippen molar-refractivity contribution < 1.29 is 5.11 Å². The molecule has 0 aromatic heterocycles. The molecule has 1 heteroatoms. The van der Waals surface area contributed by atoms with E-state index in [0.717, 1.165) is 6.42 Å². The number of hydrogen-bond acceptors (Lipinski definition) is 1. The average molecular weight is 180 g/mol. The average Bonchev–Trinajstić information content (AvgIpc) is 2.28. The third kappa shape index (κ3) is 1.86. The summed E-state index contributed by atoms with van der Waals surface area (Å²) in [6, 6.07) is 0. The van der Waals surface area contributed by atoms with Gasteiger partial charge in [-0.25, -0.2) is 0 Å². The van der Waals surface area contributed by atoms with E-state index in [4.69, 9.17) is 0 Å². The molecule has 0 amide bonds. The van der Waals surface area contributed by atoms with E-state index in [1.807, 2.05) is 0 Å². The second-order valence-electron chi connectivity index (χ2n) is 4.54. The quantitative estimate of drug-likeness (QED) is 0.662. The molecule has 1 aliphatic carbocycles.